The lowest BCUT2D eigenvalue weighted by atomic mass is 10.1. The first-order chi connectivity index (χ1) is 12.5. The van der Waals surface area contributed by atoms with E-state index in [2.05, 4.69) is 4.98 Å². The first-order valence-electron chi connectivity index (χ1n) is 8.32. The molecule has 2 saturated heterocycles. The molecule has 0 unspecified atom stereocenters. The zero-order valence-electron chi connectivity index (χ0n) is 13.7. The molecular formula is C17H16ClF2N3O3. The Kier molecular flexibility index (Phi) is 4.32. The van der Waals surface area contributed by atoms with E-state index in [1.807, 2.05) is 0 Å². The van der Waals surface area contributed by atoms with E-state index in [0.717, 1.165) is 12.5 Å². The Morgan fingerprint density at radius 1 is 1.15 bits per heavy atom. The molecule has 3 heterocycles. The quantitative estimate of drug-likeness (QED) is 0.864. The highest BCUT2D eigenvalue weighted by Gasteiger charge is 2.34. The number of piperazine rings is 1. The van der Waals surface area contributed by atoms with E-state index in [4.69, 9.17) is 16.3 Å². The van der Waals surface area contributed by atoms with Gasteiger partial charge in [0.15, 0.2) is 5.82 Å². The number of fused-ring (bicyclic) bond motifs is 1. The Morgan fingerprint density at radius 3 is 2.42 bits per heavy atom. The average molecular weight is 384 g/mol. The SMILES string of the molecule is O=C(c1[nH]c2ccc(F)c(Cl)c2c1F)N1CCN(C(=O)[C@H]2CCO2)CC1. The van der Waals surface area contributed by atoms with Crippen LogP contribution in [0.1, 0.15) is 16.9 Å². The molecule has 26 heavy (non-hydrogen) atoms. The van der Waals surface area contributed by atoms with Crippen LogP contribution in [0.25, 0.3) is 10.9 Å². The Labute approximate surface area is 152 Å². The number of carbonyl (C=O) groups excluding carboxylic acids is 2. The Morgan fingerprint density at radius 2 is 1.81 bits per heavy atom. The summed E-state index contributed by atoms with van der Waals surface area (Å²) in [5.41, 5.74) is 0.00259. The third kappa shape index (κ3) is 2.73. The lowest BCUT2D eigenvalue weighted by Gasteiger charge is -2.38. The molecule has 0 bridgehead atoms. The van der Waals surface area contributed by atoms with Gasteiger partial charge >= 0.3 is 0 Å². The van der Waals surface area contributed by atoms with E-state index in [0.29, 0.717) is 19.7 Å². The third-order valence-electron chi connectivity index (χ3n) is 4.86. The highest BCUT2D eigenvalue weighted by molar-refractivity contribution is 6.35. The van der Waals surface area contributed by atoms with Crippen LogP contribution in [0.15, 0.2) is 12.1 Å². The van der Waals surface area contributed by atoms with Gasteiger partial charge in [0, 0.05) is 32.6 Å². The Hall–Kier alpha value is -2.19. The van der Waals surface area contributed by atoms with Crippen LogP contribution in [0, 0.1) is 11.6 Å². The number of amides is 2. The number of ether oxygens (including phenoxy) is 1. The van der Waals surface area contributed by atoms with E-state index in [1.54, 1.807) is 4.90 Å². The number of aromatic nitrogens is 1. The molecule has 9 heteroatoms. The molecule has 1 aromatic heterocycles. The number of nitrogens with one attached hydrogen (secondary N) is 1. The molecule has 1 N–H and O–H groups in total. The van der Waals surface area contributed by atoms with Crippen LogP contribution in [0.4, 0.5) is 8.78 Å². The Bertz CT molecular complexity index is 889. The highest BCUT2D eigenvalue weighted by Crippen LogP contribution is 2.31. The van der Waals surface area contributed by atoms with E-state index < -0.39 is 17.5 Å². The first kappa shape index (κ1) is 17.2. The lowest BCUT2D eigenvalue weighted by Crippen LogP contribution is -2.54. The second-order valence-corrected chi connectivity index (χ2v) is 6.74. The van der Waals surface area contributed by atoms with Crippen LogP contribution in [0.5, 0.6) is 0 Å². The molecule has 4 rings (SSSR count). The summed E-state index contributed by atoms with van der Waals surface area (Å²) in [5.74, 6) is -2.22. The number of hydrogen-bond donors (Lipinski definition) is 1. The third-order valence-corrected chi connectivity index (χ3v) is 5.23. The van der Waals surface area contributed by atoms with Crippen molar-refractivity contribution in [1.82, 2.24) is 14.8 Å². The topological polar surface area (TPSA) is 65.6 Å². The second-order valence-electron chi connectivity index (χ2n) is 6.36. The minimum Gasteiger partial charge on any atom is -0.368 e. The zero-order chi connectivity index (χ0) is 18.4. The van der Waals surface area contributed by atoms with Gasteiger partial charge in [-0.15, -0.1) is 0 Å². The number of benzene rings is 1. The van der Waals surface area contributed by atoms with Gasteiger partial charge in [0.2, 0.25) is 0 Å². The van der Waals surface area contributed by atoms with Crippen LogP contribution >= 0.6 is 11.6 Å². The van der Waals surface area contributed by atoms with E-state index in [-0.39, 0.29) is 46.7 Å². The minimum atomic E-state index is -0.865. The van der Waals surface area contributed by atoms with E-state index in [9.17, 15) is 18.4 Å². The van der Waals surface area contributed by atoms with Gasteiger partial charge in [-0.25, -0.2) is 8.78 Å². The van der Waals surface area contributed by atoms with Crippen LogP contribution in [0.3, 0.4) is 0 Å². The van der Waals surface area contributed by atoms with Crippen molar-refractivity contribution < 1.29 is 23.1 Å². The molecule has 0 aliphatic carbocycles. The molecule has 2 aliphatic rings. The number of carbonyl (C=O) groups is 2. The highest BCUT2D eigenvalue weighted by atomic mass is 35.5. The summed E-state index contributed by atoms with van der Waals surface area (Å²) in [5, 5.41) is -0.489. The second kappa shape index (κ2) is 6.51. The van der Waals surface area contributed by atoms with Gasteiger partial charge in [0.05, 0.1) is 22.5 Å². The summed E-state index contributed by atoms with van der Waals surface area (Å²) in [4.78, 5) is 30.6. The number of nitrogens with zero attached hydrogens (tertiary/aromatic N) is 2. The average Bonchev–Trinajstić information content (AvgIpc) is 2.93. The van der Waals surface area contributed by atoms with Crippen LogP contribution in [0.2, 0.25) is 5.02 Å². The summed E-state index contributed by atoms with van der Waals surface area (Å²) in [6.07, 6.45) is 0.343. The zero-order valence-corrected chi connectivity index (χ0v) is 14.5. The maximum absolute atomic E-state index is 14.6. The fraction of sp³-hybridized carbons (Fsp3) is 0.412. The predicted octanol–water partition coefficient (Wildman–Crippen LogP) is 2.17. The fourth-order valence-corrected chi connectivity index (χ4v) is 3.50. The van der Waals surface area contributed by atoms with Gasteiger partial charge in [-0.05, 0) is 12.1 Å². The summed E-state index contributed by atoms with van der Waals surface area (Å²) < 4.78 is 33.4. The molecular weight excluding hydrogens is 368 g/mol. The normalized spacial score (nSPS) is 20.3. The molecule has 1 atom stereocenters. The van der Waals surface area contributed by atoms with Crippen molar-refractivity contribution in [2.75, 3.05) is 32.8 Å². The summed E-state index contributed by atoms with van der Waals surface area (Å²) in [6, 6.07) is 2.45. The Balaban J connectivity index is 1.50. The van der Waals surface area contributed by atoms with Crippen molar-refractivity contribution in [2.24, 2.45) is 0 Å². The van der Waals surface area contributed by atoms with Crippen LogP contribution < -0.4 is 0 Å². The molecule has 1 aromatic carbocycles. The van der Waals surface area contributed by atoms with Crippen molar-refractivity contribution in [2.45, 2.75) is 12.5 Å². The molecule has 138 valence electrons. The van der Waals surface area contributed by atoms with E-state index in [1.165, 1.54) is 11.0 Å². The molecule has 2 fully saturated rings. The van der Waals surface area contributed by atoms with Crippen LogP contribution in [-0.4, -0.2) is 65.5 Å². The van der Waals surface area contributed by atoms with Gasteiger partial charge in [0.1, 0.15) is 17.6 Å². The molecule has 2 aliphatic heterocycles. The molecule has 0 radical (unpaired) electrons. The van der Waals surface area contributed by atoms with Crippen molar-refractivity contribution in [3.63, 3.8) is 0 Å². The maximum atomic E-state index is 14.6. The van der Waals surface area contributed by atoms with Crippen molar-refractivity contribution in [1.29, 1.82) is 0 Å². The monoisotopic (exact) mass is 383 g/mol. The summed E-state index contributed by atoms with van der Waals surface area (Å²) in [7, 11) is 0. The molecule has 6 nitrogen and oxygen atoms in total. The van der Waals surface area contributed by atoms with Crippen molar-refractivity contribution in [3.8, 4) is 0 Å². The van der Waals surface area contributed by atoms with Gasteiger partial charge in [-0.1, -0.05) is 11.6 Å². The number of rotatable bonds is 2. The lowest BCUT2D eigenvalue weighted by molar-refractivity contribution is -0.157. The van der Waals surface area contributed by atoms with Gasteiger partial charge < -0.3 is 19.5 Å². The standard InChI is InChI=1S/C17H16ClF2N3O3/c18-13-9(19)1-2-10-12(13)14(20)15(21-10)17(25)23-6-4-22(5-7-23)16(24)11-3-8-26-11/h1-2,11,21H,3-8H2/t11-/m1/s1. The molecule has 0 spiro atoms. The van der Waals surface area contributed by atoms with Gasteiger partial charge in [0.25, 0.3) is 11.8 Å². The fourth-order valence-electron chi connectivity index (χ4n) is 3.25. The smallest absolute Gasteiger partial charge is 0.273 e. The molecule has 0 saturated carbocycles. The first-order valence-corrected chi connectivity index (χ1v) is 8.70. The largest absolute Gasteiger partial charge is 0.368 e. The number of halogens is 3. The number of aromatic amines is 1. The van der Waals surface area contributed by atoms with Gasteiger partial charge in [-0.3, -0.25) is 9.59 Å². The van der Waals surface area contributed by atoms with Crippen LogP contribution in [-0.2, 0) is 9.53 Å². The molecule has 2 amide bonds. The van der Waals surface area contributed by atoms with E-state index >= 15 is 0 Å². The number of hydrogen-bond acceptors (Lipinski definition) is 3. The maximum Gasteiger partial charge on any atom is 0.273 e. The summed E-state index contributed by atoms with van der Waals surface area (Å²) >= 11 is 5.82. The van der Waals surface area contributed by atoms with Crippen molar-refractivity contribution in [3.05, 3.63) is 34.5 Å². The summed E-state index contributed by atoms with van der Waals surface area (Å²) in [6.45, 7) is 1.89. The predicted molar refractivity (Wildman–Crippen MR) is 90.1 cm³/mol. The number of H-pyrrole nitrogens is 1. The van der Waals surface area contributed by atoms with Gasteiger partial charge in [-0.2, -0.15) is 0 Å². The van der Waals surface area contributed by atoms with Crippen molar-refractivity contribution >= 4 is 34.3 Å². The minimum absolute atomic E-state index is 0.0672. The molecule has 2 aromatic rings.